The van der Waals surface area contributed by atoms with Crippen LogP contribution < -0.4 is 11.1 Å². The van der Waals surface area contributed by atoms with Gasteiger partial charge in [-0.25, -0.2) is 4.98 Å². The lowest BCUT2D eigenvalue weighted by Gasteiger charge is -2.21. The fourth-order valence-electron chi connectivity index (χ4n) is 2.70. The Morgan fingerprint density at radius 2 is 2.00 bits per heavy atom. The largest absolute Gasteiger partial charge is 0.317 e. The predicted molar refractivity (Wildman–Crippen MR) is 85.4 cm³/mol. The third kappa shape index (κ3) is 3.31. The molecule has 1 aromatic carbocycles. The summed E-state index contributed by atoms with van der Waals surface area (Å²) in [7, 11) is 0. The molecule has 4 nitrogen and oxygen atoms in total. The standard InChI is InChI=1S/C16H19N3OS/c17-16(8-4-5-9-16)14(20)19-15-18-11-13(21-15)10-12-6-2-1-3-7-12/h1-3,6-7,11H,4-5,8-10,17H2,(H,18,19,20). The van der Waals surface area contributed by atoms with Gasteiger partial charge in [0.15, 0.2) is 5.13 Å². The van der Waals surface area contributed by atoms with Gasteiger partial charge in [-0.15, -0.1) is 11.3 Å². The minimum absolute atomic E-state index is 0.0967. The summed E-state index contributed by atoms with van der Waals surface area (Å²) in [4.78, 5) is 17.7. The quantitative estimate of drug-likeness (QED) is 0.912. The summed E-state index contributed by atoms with van der Waals surface area (Å²) in [6, 6.07) is 10.2. The van der Waals surface area contributed by atoms with Crippen molar-refractivity contribution in [2.45, 2.75) is 37.6 Å². The molecule has 0 unspecified atom stereocenters. The molecule has 0 atom stereocenters. The van der Waals surface area contributed by atoms with Gasteiger partial charge in [-0.3, -0.25) is 4.79 Å². The molecular formula is C16H19N3OS. The minimum atomic E-state index is -0.703. The second kappa shape index (κ2) is 5.95. The zero-order chi connectivity index (χ0) is 14.7. The third-order valence-electron chi connectivity index (χ3n) is 3.94. The van der Waals surface area contributed by atoms with Gasteiger partial charge in [0.05, 0.1) is 5.54 Å². The molecule has 1 aliphatic rings. The number of hydrogen-bond donors (Lipinski definition) is 2. The number of nitrogens with two attached hydrogens (primary N) is 1. The first kappa shape index (κ1) is 14.2. The van der Waals surface area contributed by atoms with Gasteiger partial charge in [0.1, 0.15) is 0 Å². The Morgan fingerprint density at radius 3 is 2.71 bits per heavy atom. The molecule has 1 heterocycles. The number of anilines is 1. The van der Waals surface area contributed by atoms with Crippen molar-refractivity contribution >= 4 is 22.4 Å². The van der Waals surface area contributed by atoms with Gasteiger partial charge >= 0.3 is 0 Å². The van der Waals surface area contributed by atoms with E-state index >= 15 is 0 Å². The molecule has 1 saturated carbocycles. The molecule has 0 spiro atoms. The van der Waals surface area contributed by atoms with Gasteiger partial charge < -0.3 is 11.1 Å². The molecule has 0 bridgehead atoms. The zero-order valence-electron chi connectivity index (χ0n) is 11.8. The number of hydrogen-bond acceptors (Lipinski definition) is 4. The van der Waals surface area contributed by atoms with Crippen molar-refractivity contribution in [2.75, 3.05) is 5.32 Å². The minimum Gasteiger partial charge on any atom is -0.317 e. The lowest BCUT2D eigenvalue weighted by molar-refractivity contribution is -0.121. The highest BCUT2D eigenvalue weighted by Crippen LogP contribution is 2.29. The SMILES string of the molecule is NC1(C(=O)Nc2ncc(Cc3ccccc3)s2)CCCC1. The van der Waals surface area contributed by atoms with E-state index in [1.165, 1.54) is 16.9 Å². The summed E-state index contributed by atoms with van der Waals surface area (Å²) in [6.45, 7) is 0. The second-order valence-corrected chi connectivity index (χ2v) is 6.73. The number of nitrogens with zero attached hydrogens (tertiary/aromatic N) is 1. The van der Waals surface area contributed by atoms with Crippen molar-refractivity contribution < 1.29 is 4.79 Å². The lowest BCUT2D eigenvalue weighted by atomic mass is 9.98. The fraction of sp³-hybridized carbons (Fsp3) is 0.375. The molecule has 1 amide bonds. The molecule has 1 aliphatic carbocycles. The van der Waals surface area contributed by atoms with Crippen LogP contribution in [-0.4, -0.2) is 16.4 Å². The molecule has 3 N–H and O–H groups in total. The summed E-state index contributed by atoms with van der Waals surface area (Å²) in [5.74, 6) is -0.0967. The molecule has 0 saturated heterocycles. The highest BCUT2D eigenvalue weighted by Gasteiger charge is 2.37. The van der Waals surface area contributed by atoms with E-state index in [1.54, 1.807) is 0 Å². The van der Waals surface area contributed by atoms with Crippen LogP contribution in [0.5, 0.6) is 0 Å². The summed E-state index contributed by atoms with van der Waals surface area (Å²) in [5, 5.41) is 3.52. The van der Waals surface area contributed by atoms with Crippen LogP contribution in [0, 0.1) is 0 Å². The van der Waals surface area contributed by atoms with E-state index in [2.05, 4.69) is 22.4 Å². The lowest BCUT2D eigenvalue weighted by Crippen LogP contribution is -2.48. The molecule has 1 fully saturated rings. The van der Waals surface area contributed by atoms with Gasteiger partial charge in [0.2, 0.25) is 5.91 Å². The summed E-state index contributed by atoms with van der Waals surface area (Å²) in [6.07, 6.45) is 6.25. The number of rotatable bonds is 4. The third-order valence-corrected chi connectivity index (χ3v) is 4.86. The maximum Gasteiger partial charge on any atom is 0.246 e. The molecule has 1 aromatic heterocycles. The number of aromatic nitrogens is 1. The van der Waals surface area contributed by atoms with E-state index in [0.717, 1.165) is 37.0 Å². The molecule has 3 rings (SSSR count). The molecular weight excluding hydrogens is 282 g/mol. The second-order valence-electron chi connectivity index (χ2n) is 5.61. The number of thiazole rings is 1. The summed E-state index contributed by atoms with van der Waals surface area (Å²) < 4.78 is 0. The Hall–Kier alpha value is -1.72. The topological polar surface area (TPSA) is 68.0 Å². The average Bonchev–Trinajstić information content (AvgIpc) is 3.10. The summed E-state index contributed by atoms with van der Waals surface area (Å²) in [5.41, 5.74) is 6.68. The van der Waals surface area contributed by atoms with Crippen molar-refractivity contribution in [3.63, 3.8) is 0 Å². The zero-order valence-corrected chi connectivity index (χ0v) is 12.7. The van der Waals surface area contributed by atoms with E-state index in [4.69, 9.17) is 5.73 Å². The number of nitrogens with one attached hydrogen (secondary N) is 1. The first-order chi connectivity index (χ1) is 10.2. The van der Waals surface area contributed by atoms with E-state index in [9.17, 15) is 4.79 Å². The smallest absolute Gasteiger partial charge is 0.246 e. The van der Waals surface area contributed by atoms with Crippen LogP contribution in [0.3, 0.4) is 0 Å². The van der Waals surface area contributed by atoms with Gasteiger partial charge in [0.25, 0.3) is 0 Å². The van der Waals surface area contributed by atoms with Crippen molar-refractivity contribution in [3.8, 4) is 0 Å². The predicted octanol–water partition coefficient (Wildman–Crippen LogP) is 2.94. The maximum atomic E-state index is 12.2. The fourth-order valence-corrected chi connectivity index (χ4v) is 3.54. The highest BCUT2D eigenvalue weighted by atomic mass is 32.1. The van der Waals surface area contributed by atoms with Crippen molar-refractivity contribution in [1.82, 2.24) is 4.98 Å². The molecule has 110 valence electrons. The van der Waals surface area contributed by atoms with E-state index in [1.807, 2.05) is 24.4 Å². The highest BCUT2D eigenvalue weighted by molar-refractivity contribution is 7.15. The molecule has 0 radical (unpaired) electrons. The summed E-state index contributed by atoms with van der Waals surface area (Å²) >= 11 is 1.51. The molecule has 2 aromatic rings. The van der Waals surface area contributed by atoms with Gasteiger partial charge in [-0.1, -0.05) is 43.2 Å². The Morgan fingerprint density at radius 1 is 1.29 bits per heavy atom. The first-order valence-electron chi connectivity index (χ1n) is 7.25. The monoisotopic (exact) mass is 301 g/mol. The number of carbonyl (C=O) groups is 1. The van der Waals surface area contributed by atoms with Crippen LogP contribution >= 0.6 is 11.3 Å². The van der Waals surface area contributed by atoms with E-state index < -0.39 is 5.54 Å². The molecule has 5 heteroatoms. The number of carbonyl (C=O) groups excluding carboxylic acids is 1. The molecule has 21 heavy (non-hydrogen) atoms. The Kier molecular flexibility index (Phi) is 4.03. The van der Waals surface area contributed by atoms with E-state index in [0.29, 0.717) is 5.13 Å². The van der Waals surface area contributed by atoms with E-state index in [-0.39, 0.29) is 5.91 Å². The normalized spacial score (nSPS) is 16.8. The molecule has 0 aliphatic heterocycles. The van der Waals surface area contributed by atoms with Crippen molar-refractivity contribution in [1.29, 1.82) is 0 Å². The Balaban J connectivity index is 1.64. The average molecular weight is 301 g/mol. The van der Waals surface area contributed by atoms with Gasteiger partial charge in [-0.05, 0) is 18.4 Å². The number of benzene rings is 1. The van der Waals surface area contributed by atoms with Crippen LogP contribution in [0.2, 0.25) is 0 Å². The maximum absolute atomic E-state index is 12.2. The van der Waals surface area contributed by atoms with Crippen molar-refractivity contribution in [2.24, 2.45) is 5.73 Å². The van der Waals surface area contributed by atoms with Crippen LogP contribution in [0.15, 0.2) is 36.5 Å². The van der Waals surface area contributed by atoms with Crippen LogP contribution in [0.4, 0.5) is 5.13 Å². The van der Waals surface area contributed by atoms with Crippen LogP contribution in [-0.2, 0) is 11.2 Å². The van der Waals surface area contributed by atoms with Crippen LogP contribution in [0.1, 0.15) is 36.1 Å². The first-order valence-corrected chi connectivity index (χ1v) is 8.06. The number of amides is 1. The van der Waals surface area contributed by atoms with Gasteiger partial charge in [0, 0.05) is 17.5 Å². The Labute approximate surface area is 128 Å². The van der Waals surface area contributed by atoms with Crippen molar-refractivity contribution in [3.05, 3.63) is 47.0 Å². The van der Waals surface area contributed by atoms with Gasteiger partial charge in [-0.2, -0.15) is 0 Å². The van der Waals surface area contributed by atoms with Crippen LogP contribution in [0.25, 0.3) is 0 Å². The Bertz CT molecular complexity index is 617.